The predicted molar refractivity (Wildman–Crippen MR) is 230 cm³/mol. The molecule has 12 rings (SSSR count). The van der Waals surface area contributed by atoms with Gasteiger partial charge in [-0.15, -0.1) is 11.3 Å². The highest BCUT2D eigenvalue weighted by atomic mass is 32.1. The summed E-state index contributed by atoms with van der Waals surface area (Å²) in [7, 11) is 0. The van der Waals surface area contributed by atoms with Crippen LogP contribution in [0.1, 0.15) is 22.3 Å². The molecule has 11 aromatic rings. The van der Waals surface area contributed by atoms with Gasteiger partial charge in [0.1, 0.15) is 4.83 Å². The normalized spacial score (nSPS) is 13.2. The second kappa shape index (κ2) is 11.6. The van der Waals surface area contributed by atoms with E-state index in [0.29, 0.717) is 5.95 Å². The average Bonchev–Trinajstić information content (AvgIpc) is 3.89. The molecule has 0 radical (unpaired) electrons. The molecule has 3 aromatic heterocycles. The second-order valence-electron chi connectivity index (χ2n) is 14.5. The Bertz CT molecular complexity index is 3280. The van der Waals surface area contributed by atoms with E-state index in [2.05, 4.69) is 193 Å². The van der Waals surface area contributed by atoms with E-state index in [1.165, 1.54) is 65.0 Å². The van der Waals surface area contributed by atoms with Gasteiger partial charge in [-0.2, -0.15) is 0 Å². The van der Waals surface area contributed by atoms with Crippen LogP contribution in [0, 0.1) is 0 Å². The molecule has 0 unspecified atom stereocenters. The van der Waals surface area contributed by atoms with Crippen molar-refractivity contribution >= 4 is 64.2 Å². The molecule has 256 valence electrons. The molecule has 1 aliphatic rings. The van der Waals surface area contributed by atoms with Gasteiger partial charge in [-0.1, -0.05) is 158 Å². The fraction of sp³-hybridized carbons (Fsp3) is 0.0196. The Hall–Kier alpha value is -6.88. The molecule has 0 amide bonds. The van der Waals surface area contributed by atoms with Gasteiger partial charge in [0.2, 0.25) is 5.95 Å². The van der Waals surface area contributed by atoms with E-state index in [4.69, 9.17) is 9.97 Å². The van der Waals surface area contributed by atoms with Gasteiger partial charge in [-0.05, 0) is 74.5 Å². The minimum atomic E-state index is -0.510. The maximum Gasteiger partial charge on any atom is 0.236 e. The van der Waals surface area contributed by atoms with E-state index in [1.54, 1.807) is 11.3 Å². The van der Waals surface area contributed by atoms with Crippen molar-refractivity contribution in [2.75, 3.05) is 0 Å². The number of fused-ring (bicyclic) bond motifs is 10. The summed E-state index contributed by atoms with van der Waals surface area (Å²) in [5.41, 5.74) is 11.3. The molecule has 3 heterocycles. The average molecular weight is 718 g/mol. The Morgan fingerprint density at radius 1 is 0.455 bits per heavy atom. The monoisotopic (exact) mass is 717 g/mol. The minimum Gasteiger partial charge on any atom is -0.278 e. The number of hydrogen-bond donors (Lipinski definition) is 0. The zero-order valence-corrected chi connectivity index (χ0v) is 30.5. The highest BCUT2D eigenvalue weighted by Crippen LogP contribution is 2.57. The smallest absolute Gasteiger partial charge is 0.236 e. The van der Waals surface area contributed by atoms with Crippen molar-refractivity contribution in [2.45, 2.75) is 5.41 Å². The molecule has 0 saturated heterocycles. The van der Waals surface area contributed by atoms with Crippen molar-refractivity contribution in [1.29, 1.82) is 0 Å². The first-order valence-electron chi connectivity index (χ1n) is 18.7. The van der Waals surface area contributed by atoms with Gasteiger partial charge in [0.25, 0.3) is 0 Å². The third kappa shape index (κ3) is 4.26. The Kier molecular flexibility index (Phi) is 6.42. The number of nitrogens with zero attached hydrogens (tertiary/aromatic N) is 3. The van der Waals surface area contributed by atoms with E-state index in [-0.39, 0.29) is 0 Å². The summed E-state index contributed by atoms with van der Waals surface area (Å²) in [4.78, 5) is 12.0. The molecule has 0 bridgehead atoms. The summed E-state index contributed by atoms with van der Waals surface area (Å²) < 4.78 is 3.47. The van der Waals surface area contributed by atoms with Crippen molar-refractivity contribution < 1.29 is 0 Å². The summed E-state index contributed by atoms with van der Waals surface area (Å²) >= 11 is 1.74. The molecule has 0 spiro atoms. The number of hydrogen-bond acceptors (Lipinski definition) is 3. The third-order valence-electron chi connectivity index (χ3n) is 11.7. The molecule has 3 nitrogen and oxygen atoms in total. The van der Waals surface area contributed by atoms with Crippen LogP contribution in [0.4, 0.5) is 0 Å². The largest absolute Gasteiger partial charge is 0.278 e. The minimum absolute atomic E-state index is 0.510. The molecule has 55 heavy (non-hydrogen) atoms. The van der Waals surface area contributed by atoms with E-state index >= 15 is 0 Å². The van der Waals surface area contributed by atoms with E-state index in [0.717, 1.165) is 32.5 Å². The van der Waals surface area contributed by atoms with Gasteiger partial charge in [-0.25, -0.2) is 9.97 Å². The summed E-state index contributed by atoms with van der Waals surface area (Å²) in [6.45, 7) is 0. The lowest BCUT2D eigenvalue weighted by molar-refractivity contribution is 0.768. The summed E-state index contributed by atoms with van der Waals surface area (Å²) in [5, 5.41) is 7.07. The topological polar surface area (TPSA) is 30.7 Å². The lowest BCUT2D eigenvalue weighted by Crippen LogP contribution is -2.28. The Balaban J connectivity index is 1.19. The van der Waals surface area contributed by atoms with Gasteiger partial charge < -0.3 is 0 Å². The zero-order valence-electron chi connectivity index (χ0n) is 29.6. The first-order chi connectivity index (χ1) is 27.3. The van der Waals surface area contributed by atoms with Crippen LogP contribution >= 0.6 is 11.3 Å². The molecule has 0 N–H and O–H groups in total. The van der Waals surface area contributed by atoms with Crippen molar-refractivity contribution in [2.24, 2.45) is 0 Å². The molecule has 8 aromatic carbocycles. The first kappa shape index (κ1) is 30.6. The zero-order chi connectivity index (χ0) is 36.1. The van der Waals surface area contributed by atoms with E-state index < -0.39 is 5.41 Å². The number of thiophene rings is 1. The van der Waals surface area contributed by atoms with Crippen LogP contribution in [0.25, 0.3) is 81.2 Å². The third-order valence-corrected chi connectivity index (χ3v) is 12.8. The lowest BCUT2D eigenvalue weighted by Gasteiger charge is -2.34. The maximum absolute atomic E-state index is 5.64. The summed E-state index contributed by atoms with van der Waals surface area (Å²) in [6, 6.07) is 68.5. The predicted octanol–water partition coefficient (Wildman–Crippen LogP) is 13.1. The molecule has 1 aliphatic carbocycles. The highest BCUT2D eigenvalue weighted by Gasteiger charge is 2.46. The SMILES string of the molecule is c1ccc(C2(c3ccccc3)c3ccccc3-c3ccc(-c4nc(-n5c6ccccc6c6cc7ccccc7cc65)nc5sc6ccccc6c45)cc32)cc1. The first-order valence-corrected chi connectivity index (χ1v) is 19.6. The van der Waals surface area contributed by atoms with Gasteiger partial charge >= 0.3 is 0 Å². The molecular formula is C51H31N3S. The number of rotatable bonds is 4. The van der Waals surface area contributed by atoms with E-state index in [1.807, 2.05) is 0 Å². The van der Waals surface area contributed by atoms with Gasteiger partial charge in [0.15, 0.2) is 0 Å². The Morgan fingerprint density at radius 2 is 1.09 bits per heavy atom. The lowest BCUT2D eigenvalue weighted by atomic mass is 9.67. The van der Waals surface area contributed by atoms with Crippen molar-refractivity contribution in [3.63, 3.8) is 0 Å². The van der Waals surface area contributed by atoms with Gasteiger partial charge in [-0.3, -0.25) is 4.57 Å². The summed E-state index contributed by atoms with van der Waals surface area (Å²) in [6.07, 6.45) is 0. The van der Waals surface area contributed by atoms with Crippen molar-refractivity contribution in [1.82, 2.24) is 14.5 Å². The van der Waals surface area contributed by atoms with Crippen LogP contribution < -0.4 is 0 Å². The molecule has 0 fully saturated rings. The number of para-hydroxylation sites is 1. The molecular weight excluding hydrogens is 687 g/mol. The van der Waals surface area contributed by atoms with Gasteiger partial charge in [0, 0.05) is 31.8 Å². The van der Waals surface area contributed by atoms with Crippen LogP contribution in [0.2, 0.25) is 0 Å². The standard InChI is InChI=1S/C51H31N3S/c1-3-17-35(18-4-1)51(36-19-5-2-6-20-36)42-24-12-9-21-37(42)38-28-27-34(30-43(38)51)48-47-40-23-11-14-26-46(40)55-49(47)53-50(52-48)54-44-25-13-10-22-39(44)41-29-32-15-7-8-16-33(32)31-45(41)54/h1-31H. The van der Waals surface area contributed by atoms with Crippen molar-refractivity contribution in [3.8, 4) is 28.3 Å². The van der Waals surface area contributed by atoms with Crippen LogP contribution in [0.5, 0.6) is 0 Å². The second-order valence-corrected chi connectivity index (χ2v) is 15.5. The van der Waals surface area contributed by atoms with Crippen LogP contribution in [-0.2, 0) is 5.41 Å². The Morgan fingerprint density at radius 3 is 1.89 bits per heavy atom. The van der Waals surface area contributed by atoms with Crippen LogP contribution in [0.15, 0.2) is 188 Å². The molecule has 0 aliphatic heterocycles. The van der Waals surface area contributed by atoms with Crippen LogP contribution in [0.3, 0.4) is 0 Å². The fourth-order valence-electron chi connectivity index (χ4n) is 9.38. The number of aromatic nitrogens is 3. The molecule has 0 atom stereocenters. The van der Waals surface area contributed by atoms with Crippen LogP contribution in [-0.4, -0.2) is 14.5 Å². The summed E-state index contributed by atoms with van der Waals surface area (Å²) in [5.74, 6) is 0.678. The quantitative estimate of drug-likeness (QED) is 0.181. The van der Waals surface area contributed by atoms with Crippen molar-refractivity contribution in [3.05, 3.63) is 210 Å². The molecule has 4 heteroatoms. The fourth-order valence-corrected chi connectivity index (χ4v) is 10.5. The highest BCUT2D eigenvalue weighted by molar-refractivity contribution is 7.25. The Labute approximate surface area is 321 Å². The van der Waals surface area contributed by atoms with E-state index in [9.17, 15) is 0 Å². The maximum atomic E-state index is 5.64. The van der Waals surface area contributed by atoms with Gasteiger partial charge in [0.05, 0.1) is 22.1 Å². The number of benzene rings is 8. The molecule has 0 saturated carbocycles.